The van der Waals surface area contributed by atoms with Crippen LogP contribution in [0.15, 0.2) is 11.7 Å². The molecule has 0 radical (unpaired) electrons. The molecule has 0 unspecified atom stereocenters. The third kappa shape index (κ3) is 2.39. The van der Waals surface area contributed by atoms with Gasteiger partial charge in [-0.3, -0.25) is 4.90 Å². The fraction of sp³-hybridized carbons (Fsp3) is 0.625. The van der Waals surface area contributed by atoms with Crippen molar-refractivity contribution in [2.45, 2.75) is 19.9 Å². The zero-order valence-electron chi connectivity index (χ0n) is 13.2. The van der Waals surface area contributed by atoms with E-state index in [4.69, 9.17) is 4.74 Å². The molecule has 2 aromatic rings. The summed E-state index contributed by atoms with van der Waals surface area (Å²) in [7, 11) is 0. The van der Waals surface area contributed by atoms with Crippen LogP contribution in [0.25, 0.3) is 10.2 Å². The second-order valence-electron chi connectivity index (χ2n) is 6.39. The Morgan fingerprint density at radius 3 is 2.86 bits per heavy atom. The van der Waals surface area contributed by atoms with E-state index in [1.807, 2.05) is 0 Å². The van der Waals surface area contributed by atoms with Gasteiger partial charge in [-0.05, 0) is 23.8 Å². The van der Waals surface area contributed by atoms with E-state index in [9.17, 15) is 0 Å². The lowest BCUT2D eigenvalue weighted by molar-refractivity contribution is 0.0134. The van der Waals surface area contributed by atoms with Gasteiger partial charge >= 0.3 is 0 Å². The van der Waals surface area contributed by atoms with E-state index in [1.54, 1.807) is 17.7 Å². The van der Waals surface area contributed by atoms with Crippen LogP contribution in [0.4, 0.5) is 5.82 Å². The first kappa shape index (κ1) is 14.4. The summed E-state index contributed by atoms with van der Waals surface area (Å²) in [6, 6.07) is 0.606. The minimum Gasteiger partial charge on any atom is -0.379 e. The minimum absolute atomic E-state index is 0.606. The van der Waals surface area contributed by atoms with Crippen molar-refractivity contribution in [1.29, 1.82) is 0 Å². The standard InChI is InChI=1S/C16H22N4OS/c1-11-7-20(8-13(11)19-3-5-21-6-4-19)16-15-14(17-10-18-16)12(2)9-22-15/h9-11,13H,3-8H2,1-2H3/t11-,13-/m0/s1. The maximum absolute atomic E-state index is 5.49. The molecule has 2 atom stereocenters. The molecule has 5 nitrogen and oxygen atoms in total. The van der Waals surface area contributed by atoms with Gasteiger partial charge in [0.05, 0.1) is 23.4 Å². The second kappa shape index (κ2) is 5.76. The van der Waals surface area contributed by atoms with Crippen molar-refractivity contribution in [3.8, 4) is 0 Å². The number of aryl methyl sites for hydroxylation is 1. The van der Waals surface area contributed by atoms with E-state index in [0.29, 0.717) is 12.0 Å². The summed E-state index contributed by atoms with van der Waals surface area (Å²) in [5, 5.41) is 2.18. The maximum atomic E-state index is 5.49. The molecule has 118 valence electrons. The first-order valence-corrected chi connectivity index (χ1v) is 8.87. The third-order valence-electron chi connectivity index (χ3n) is 4.90. The van der Waals surface area contributed by atoms with Gasteiger partial charge in [0, 0.05) is 32.2 Å². The topological polar surface area (TPSA) is 41.5 Å². The predicted octanol–water partition coefficient (Wildman–Crippen LogP) is 2.16. The van der Waals surface area contributed by atoms with Gasteiger partial charge in [0.2, 0.25) is 0 Å². The monoisotopic (exact) mass is 318 g/mol. The quantitative estimate of drug-likeness (QED) is 0.849. The largest absolute Gasteiger partial charge is 0.379 e. The molecule has 0 bridgehead atoms. The Balaban J connectivity index is 1.60. The van der Waals surface area contributed by atoms with Crippen molar-refractivity contribution >= 4 is 27.4 Å². The highest BCUT2D eigenvalue weighted by molar-refractivity contribution is 7.18. The van der Waals surface area contributed by atoms with Gasteiger partial charge in [0.25, 0.3) is 0 Å². The van der Waals surface area contributed by atoms with E-state index < -0.39 is 0 Å². The van der Waals surface area contributed by atoms with Crippen LogP contribution in [-0.4, -0.2) is 60.3 Å². The van der Waals surface area contributed by atoms with Crippen molar-refractivity contribution in [2.24, 2.45) is 5.92 Å². The highest BCUT2D eigenvalue weighted by atomic mass is 32.1. The normalized spacial score (nSPS) is 26.9. The number of anilines is 1. The molecule has 0 spiro atoms. The molecule has 6 heteroatoms. The second-order valence-corrected chi connectivity index (χ2v) is 7.27. The molecule has 0 aromatic carbocycles. The van der Waals surface area contributed by atoms with Gasteiger partial charge in [-0.15, -0.1) is 11.3 Å². The molecule has 2 aromatic heterocycles. The number of rotatable bonds is 2. The zero-order valence-corrected chi connectivity index (χ0v) is 14.0. The molecule has 2 aliphatic rings. The average molecular weight is 318 g/mol. The van der Waals surface area contributed by atoms with Gasteiger partial charge in [-0.2, -0.15) is 0 Å². The highest BCUT2D eigenvalue weighted by Gasteiger charge is 2.35. The Morgan fingerprint density at radius 1 is 1.23 bits per heavy atom. The van der Waals surface area contributed by atoms with Crippen LogP contribution < -0.4 is 4.90 Å². The number of thiophene rings is 1. The predicted molar refractivity (Wildman–Crippen MR) is 89.7 cm³/mol. The summed E-state index contributed by atoms with van der Waals surface area (Å²) < 4.78 is 6.72. The number of aromatic nitrogens is 2. The van der Waals surface area contributed by atoms with Gasteiger partial charge in [0.1, 0.15) is 12.1 Å². The molecule has 0 amide bonds. The summed E-state index contributed by atoms with van der Waals surface area (Å²) in [5.41, 5.74) is 2.36. The summed E-state index contributed by atoms with van der Waals surface area (Å²) >= 11 is 1.77. The van der Waals surface area contributed by atoms with Crippen molar-refractivity contribution in [3.63, 3.8) is 0 Å². The van der Waals surface area contributed by atoms with Crippen LogP contribution in [0.5, 0.6) is 0 Å². The molecule has 2 aliphatic heterocycles. The molecule has 4 heterocycles. The fourth-order valence-corrected chi connectivity index (χ4v) is 4.71. The summed E-state index contributed by atoms with van der Waals surface area (Å²) in [5.74, 6) is 1.77. The van der Waals surface area contributed by atoms with Crippen LogP contribution in [0.2, 0.25) is 0 Å². The zero-order chi connectivity index (χ0) is 15.1. The van der Waals surface area contributed by atoms with Crippen molar-refractivity contribution in [1.82, 2.24) is 14.9 Å². The molecular formula is C16H22N4OS. The van der Waals surface area contributed by atoms with Crippen LogP contribution >= 0.6 is 11.3 Å². The lowest BCUT2D eigenvalue weighted by Gasteiger charge is -2.34. The van der Waals surface area contributed by atoms with Crippen LogP contribution in [0, 0.1) is 12.8 Å². The lowest BCUT2D eigenvalue weighted by atomic mass is 10.0. The first-order chi connectivity index (χ1) is 10.7. The summed E-state index contributed by atoms with van der Waals surface area (Å²) in [6.45, 7) is 10.5. The maximum Gasteiger partial charge on any atom is 0.150 e. The molecule has 4 rings (SSSR count). The van der Waals surface area contributed by atoms with Crippen LogP contribution in [0.1, 0.15) is 12.5 Å². The number of hydrogen-bond acceptors (Lipinski definition) is 6. The molecule has 0 N–H and O–H groups in total. The summed E-state index contributed by atoms with van der Waals surface area (Å²) in [6.07, 6.45) is 1.71. The van der Waals surface area contributed by atoms with E-state index in [-0.39, 0.29) is 0 Å². The van der Waals surface area contributed by atoms with Crippen molar-refractivity contribution < 1.29 is 4.74 Å². The number of nitrogens with zero attached hydrogens (tertiary/aromatic N) is 4. The third-order valence-corrected chi connectivity index (χ3v) is 5.98. The van der Waals surface area contributed by atoms with Gasteiger partial charge in [0.15, 0.2) is 0 Å². The number of ether oxygens (including phenoxy) is 1. The van der Waals surface area contributed by atoms with E-state index >= 15 is 0 Å². The van der Waals surface area contributed by atoms with Crippen LogP contribution in [-0.2, 0) is 4.74 Å². The molecule has 22 heavy (non-hydrogen) atoms. The average Bonchev–Trinajstić information content (AvgIpc) is 3.12. The minimum atomic E-state index is 0.606. The molecule has 2 fully saturated rings. The number of fused-ring (bicyclic) bond motifs is 1. The Labute approximate surface area is 134 Å². The van der Waals surface area contributed by atoms with Gasteiger partial charge in [-0.25, -0.2) is 9.97 Å². The number of morpholine rings is 1. The Morgan fingerprint density at radius 2 is 2.05 bits per heavy atom. The van der Waals surface area contributed by atoms with E-state index in [1.165, 1.54) is 10.3 Å². The smallest absolute Gasteiger partial charge is 0.150 e. The number of hydrogen-bond donors (Lipinski definition) is 0. The fourth-order valence-electron chi connectivity index (χ4n) is 3.69. The van der Waals surface area contributed by atoms with E-state index in [0.717, 1.165) is 50.7 Å². The lowest BCUT2D eigenvalue weighted by Crippen LogP contribution is -2.46. The molecule has 0 aliphatic carbocycles. The SMILES string of the molecule is Cc1csc2c(N3C[C@H](C)[C@@H](N4CCOCC4)C3)ncnc12. The Bertz CT molecular complexity index is 667. The Hall–Kier alpha value is -1.24. The van der Waals surface area contributed by atoms with Gasteiger partial charge < -0.3 is 9.64 Å². The summed E-state index contributed by atoms with van der Waals surface area (Å²) in [4.78, 5) is 14.1. The highest BCUT2D eigenvalue weighted by Crippen LogP contribution is 2.34. The van der Waals surface area contributed by atoms with E-state index in [2.05, 4.69) is 39.0 Å². The first-order valence-electron chi connectivity index (χ1n) is 7.99. The van der Waals surface area contributed by atoms with Crippen LogP contribution in [0.3, 0.4) is 0 Å². The van der Waals surface area contributed by atoms with Crippen molar-refractivity contribution in [2.75, 3.05) is 44.3 Å². The Kier molecular flexibility index (Phi) is 3.76. The van der Waals surface area contributed by atoms with Crippen molar-refractivity contribution in [3.05, 3.63) is 17.3 Å². The van der Waals surface area contributed by atoms with Gasteiger partial charge in [-0.1, -0.05) is 6.92 Å². The molecule has 2 saturated heterocycles. The molecular weight excluding hydrogens is 296 g/mol. The molecule has 0 saturated carbocycles.